The summed E-state index contributed by atoms with van der Waals surface area (Å²) in [6, 6.07) is 33.2. The number of nitrogens with one attached hydrogen (secondary N) is 2. The number of aromatic amines is 1. The van der Waals surface area contributed by atoms with Gasteiger partial charge in [0.25, 0.3) is 0 Å². The van der Waals surface area contributed by atoms with Crippen LogP contribution < -0.4 is 10.2 Å². The predicted octanol–water partition coefficient (Wildman–Crippen LogP) is 7.35. The number of carbonyl (C=O) groups is 1. The summed E-state index contributed by atoms with van der Waals surface area (Å²) in [7, 11) is 2.06. The lowest BCUT2D eigenvalue weighted by Crippen LogP contribution is -2.45. The van der Waals surface area contributed by atoms with E-state index in [1.807, 2.05) is 67.6 Å². The maximum atomic E-state index is 11.9. The van der Waals surface area contributed by atoms with Crippen LogP contribution in [0.1, 0.15) is 19.8 Å². The molecular formula is C36H37BrN6O2. The van der Waals surface area contributed by atoms with E-state index in [2.05, 4.69) is 84.1 Å². The Morgan fingerprint density at radius 2 is 1.64 bits per heavy atom. The number of carbonyl (C=O) groups excluding carboxylic acids is 1. The van der Waals surface area contributed by atoms with E-state index in [1.54, 1.807) is 0 Å². The number of aromatic nitrogens is 4. The SMILES string of the molecule is Brc1cccc(-c2nc3ccccc3[nH]2)c1.CCOCC(=O)NC1CCN(c2cccc(-c3nc4ccccc4n3C)c2)CC1. The smallest absolute Gasteiger partial charge is 0.246 e. The molecule has 9 heteroatoms. The van der Waals surface area contributed by atoms with Crippen LogP contribution in [-0.4, -0.2) is 57.8 Å². The minimum absolute atomic E-state index is 0.0193. The molecule has 2 aromatic heterocycles. The number of fused-ring (bicyclic) bond motifs is 2. The Kier molecular flexibility index (Phi) is 9.57. The first-order valence-electron chi connectivity index (χ1n) is 15.3. The van der Waals surface area contributed by atoms with Gasteiger partial charge in [0.15, 0.2) is 0 Å². The number of ether oxygens (including phenoxy) is 1. The molecule has 2 N–H and O–H groups in total. The Labute approximate surface area is 271 Å². The Balaban J connectivity index is 0.000000187. The number of hydrogen-bond acceptors (Lipinski definition) is 5. The molecule has 0 unspecified atom stereocenters. The van der Waals surface area contributed by atoms with Gasteiger partial charge in [-0.05, 0) is 68.3 Å². The number of nitrogens with zero attached hydrogens (tertiary/aromatic N) is 4. The number of aryl methyl sites for hydroxylation is 1. The highest BCUT2D eigenvalue weighted by Gasteiger charge is 2.21. The fraction of sp³-hybridized carbons (Fsp3) is 0.250. The lowest BCUT2D eigenvalue weighted by Gasteiger charge is -2.34. The lowest BCUT2D eigenvalue weighted by atomic mass is 10.0. The maximum Gasteiger partial charge on any atom is 0.246 e. The number of rotatable bonds is 7. The van der Waals surface area contributed by atoms with Gasteiger partial charge < -0.3 is 24.5 Å². The summed E-state index contributed by atoms with van der Waals surface area (Å²) in [6.45, 7) is 4.45. The monoisotopic (exact) mass is 664 g/mol. The Hall–Kier alpha value is -4.47. The molecule has 1 fully saturated rings. The van der Waals surface area contributed by atoms with Gasteiger partial charge in [0.05, 0.1) is 22.1 Å². The Morgan fingerprint density at radius 1 is 0.911 bits per heavy atom. The molecule has 6 aromatic rings. The van der Waals surface area contributed by atoms with Crippen molar-refractivity contribution in [3.8, 4) is 22.8 Å². The number of para-hydroxylation sites is 4. The fourth-order valence-corrected chi connectivity index (χ4v) is 6.12. The van der Waals surface area contributed by atoms with E-state index in [0.717, 1.165) is 75.2 Å². The van der Waals surface area contributed by atoms with Crippen LogP contribution in [0.25, 0.3) is 44.8 Å². The molecule has 8 nitrogen and oxygen atoms in total. The largest absolute Gasteiger partial charge is 0.372 e. The van der Waals surface area contributed by atoms with E-state index < -0.39 is 0 Å². The van der Waals surface area contributed by atoms with Gasteiger partial charge in [0.2, 0.25) is 5.91 Å². The van der Waals surface area contributed by atoms with E-state index in [0.29, 0.717) is 6.61 Å². The van der Waals surface area contributed by atoms with Crippen LogP contribution in [0.3, 0.4) is 0 Å². The minimum Gasteiger partial charge on any atom is -0.372 e. The molecule has 0 radical (unpaired) electrons. The first-order valence-corrected chi connectivity index (χ1v) is 16.1. The normalized spacial score (nSPS) is 13.5. The van der Waals surface area contributed by atoms with Gasteiger partial charge in [-0.2, -0.15) is 0 Å². The number of benzene rings is 4. The van der Waals surface area contributed by atoms with Crippen molar-refractivity contribution >= 4 is 49.6 Å². The molecule has 0 saturated carbocycles. The highest BCUT2D eigenvalue weighted by Crippen LogP contribution is 2.28. The highest BCUT2D eigenvalue weighted by atomic mass is 79.9. The summed E-state index contributed by atoms with van der Waals surface area (Å²) in [5.41, 5.74) is 7.62. The van der Waals surface area contributed by atoms with Crippen LogP contribution >= 0.6 is 15.9 Å². The zero-order valence-electron chi connectivity index (χ0n) is 25.5. The van der Waals surface area contributed by atoms with Gasteiger partial charge in [0.1, 0.15) is 18.3 Å². The van der Waals surface area contributed by atoms with Crippen LogP contribution in [0.4, 0.5) is 5.69 Å². The van der Waals surface area contributed by atoms with E-state index in [-0.39, 0.29) is 18.6 Å². The zero-order chi connectivity index (χ0) is 31.2. The molecule has 3 heterocycles. The molecule has 1 aliphatic rings. The van der Waals surface area contributed by atoms with Crippen LogP contribution in [0.5, 0.6) is 0 Å². The maximum absolute atomic E-state index is 11.9. The summed E-state index contributed by atoms with van der Waals surface area (Å²) in [6.07, 6.45) is 1.88. The molecule has 0 bridgehead atoms. The number of piperidine rings is 1. The third-order valence-electron chi connectivity index (χ3n) is 8.04. The summed E-state index contributed by atoms with van der Waals surface area (Å²) in [5.74, 6) is 1.86. The summed E-state index contributed by atoms with van der Waals surface area (Å²) in [5, 5.41) is 3.08. The van der Waals surface area contributed by atoms with Crippen LogP contribution in [0.2, 0.25) is 0 Å². The number of hydrogen-bond donors (Lipinski definition) is 2. The summed E-state index contributed by atoms with van der Waals surface area (Å²) in [4.78, 5) is 26.9. The number of H-pyrrole nitrogens is 1. The molecule has 7 rings (SSSR count). The van der Waals surface area contributed by atoms with Gasteiger partial charge in [-0.15, -0.1) is 0 Å². The minimum atomic E-state index is -0.0193. The van der Waals surface area contributed by atoms with Crippen molar-refractivity contribution < 1.29 is 9.53 Å². The summed E-state index contributed by atoms with van der Waals surface area (Å²) >= 11 is 3.46. The second kappa shape index (κ2) is 14.1. The molecule has 230 valence electrons. The van der Waals surface area contributed by atoms with Gasteiger partial charge in [-0.25, -0.2) is 9.97 Å². The molecule has 45 heavy (non-hydrogen) atoms. The third-order valence-corrected chi connectivity index (χ3v) is 8.53. The highest BCUT2D eigenvalue weighted by molar-refractivity contribution is 9.10. The van der Waals surface area contributed by atoms with Crippen molar-refractivity contribution in [2.45, 2.75) is 25.8 Å². The first kappa shape index (κ1) is 30.6. The molecular weight excluding hydrogens is 628 g/mol. The fourth-order valence-electron chi connectivity index (χ4n) is 5.72. The van der Waals surface area contributed by atoms with Crippen LogP contribution in [0.15, 0.2) is 102 Å². The van der Waals surface area contributed by atoms with E-state index in [4.69, 9.17) is 9.72 Å². The second-order valence-corrected chi connectivity index (χ2v) is 12.0. The third kappa shape index (κ3) is 7.27. The number of halogens is 1. The molecule has 0 atom stereocenters. The van der Waals surface area contributed by atoms with Crippen molar-refractivity contribution in [3.63, 3.8) is 0 Å². The number of amides is 1. The number of imidazole rings is 2. The van der Waals surface area contributed by atoms with Crippen molar-refractivity contribution in [1.29, 1.82) is 0 Å². The van der Waals surface area contributed by atoms with Gasteiger partial charge in [-0.3, -0.25) is 4.79 Å². The molecule has 1 aliphatic heterocycles. The zero-order valence-corrected chi connectivity index (χ0v) is 27.1. The van der Waals surface area contributed by atoms with Crippen LogP contribution in [-0.2, 0) is 16.6 Å². The summed E-state index contributed by atoms with van der Waals surface area (Å²) < 4.78 is 8.39. The Bertz CT molecular complexity index is 1870. The quantitative estimate of drug-likeness (QED) is 0.186. The van der Waals surface area contributed by atoms with E-state index in [1.165, 1.54) is 5.69 Å². The molecule has 0 spiro atoms. The van der Waals surface area contributed by atoms with Crippen molar-refractivity contribution in [1.82, 2.24) is 24.8 Å². The second-order valence-electron chi connectivity index (χ2n) is 11.1. The van der Waals surface area contributed by atoms with Crippen molar-refractivity contribution in [3.05, 3.63) is 102 Å². The average Bonchev–Trinajstić information content (AvgIpc) is 3.66. The van der Waals surface area contributed by atoms with Crippen LogP contribution in [0, 0.1) is 0 Å². The van der Waals surface area contributed by atoms with Gasteiger partial charge >= 0.3 is 0 Å². The topological polar surface area (TPSA) is 88.1 Å². The Morgan fingerprint density at radius 3 is 2.40 bits per heavy atom. The molecule has 1 amide bonds. The van der Waals surface area contributed by atoms with Crippen molar-refractivity contribution in [2.24, 2.45) is 7.05 Å². The lowest BCUT2D eigenvalue weighted by molar-refractivity contribution is -0.126. The number of anilines is 1. The molecule has 0 aliphatic carbocycles. The predicted molar refractivity (Wildman–Crippen MR) is 185 cm³/mol. The van der Waals surface area contributed by atoms with Crippen molar-refractivity contribution in [2.75, 3.05) is 31.2 Å². The van der Waals surface area contributed by atoms with Gasteiger partial charge in [0, 0.05) is 54.1 Å². The van der Waals surface area contributed by atoms with E-state index >= 15 is 0 Å². The molecule has 4 aromatic carbocycles. The standard InChI is InChI=1S/C23H28N4O2.C13H9BrN2/c1-3-29-16-22(28)24-18-11-13-27(14-12-18)19-8-6-7-17(15-19)23-25-20-9-4-5-10-21(20)26(23)2;14-10-5-3-4-9(8-10)13-15-11-6-1-2-7-12(11)16-13/h4-10,15,18H,3,11-14,16H2,1-2H3,(H,24,28);1-8H,(H,15,16). The van der Waals surface area contributed by atoms with E-state index in [9.17, 15) is 4.79 Å². The average molecular weight is 666 g/mol. The first-order chi connectivity index (χ1) is 22.0. The van der Waals surface area contributed by atoms with Gasteiger partial charge in [-0.1, -0.05) is 64.5 Å². The molecule has 1 saturated heterocycles.